The zero-order valence-corrected chi connectivity index (χ0v) is 23.7. The molecule has 0 radical (unpaired) electrons. The second-order valence-corrected chi connectivity index (χ2v) is 10.4. The van der Waals surface area contributed by atoms with Crippen molar-refractivity contribution in [2.75, 3.05) is 52.9 Å². The second-order valence-electron chi connectivity index (χ2n) is 10.4. The topological polar surface area (TPSA) is 142 Å². The third-order valence-electron chi connectivity index (χ3n) is 7.08. The Kier molecular flexibility index (Phi) is 14.1. The Labute approximate surface area is 235 Å². The molecule has 6 atom stereocenters. The van der Waals surface area contributed by atoms with E-state index in [1.54, 1.807) is 13.8 Å². The second kappa shape index (κ2) is 17.5. The maximum atomic E-state index is 12.8. The molecule has 0 aromatic carbocycles. The largest absolute Gasteiger partial charge is 0.465 e. The lowest BCUT2D eigenvalue weighted by Gasteiger charge is -2.25. The van der Waals surface area contributed by atoms with E-state index in [0.29, 0.717) is 65.0 Å². The minimum absolute atomic E-state index is 0.0878. The van der Waals surface area contributed by atoms with Gasteiger partial charge >= 0.3 is 23.9 Å². The molecule has 0 N–H and O–H groups in total. The molecule has 3 aliphatic heterocycles. The van der Waals surface area contributed by atoms with Crippen LogP contribution >= 0.6 is 0 Å². The summed E-state index contributed by atoms with van der Waals surface area (Å²) in [5.41, 5.74) is 0. The van der Waals surface area contributed by atoms with Gasteiger partial charge in [-0.3, -0.25) is 19.2 Å². The van der Waals surface area contributed by atoms with E-state index in [1.165, 1.54) is 0 Å². The Morgan fingerprint density at radius 1 is 0.525 bits per heavy atom. The van der Waals surface area contributed by atoms with E-state index < -0.39 is 23.8 Å². The highest BCUT2D eigenvalue weighted by Crippen LogP contribution is 2.44. The summed E-state index contributed by atoms with van der Waals surface area (Å²) in [6.45, 7) is 5.75. The van der Waals surface area contributed by atoms with Crippen LogP contribution in [0.25, 0.3) is 0 Å². The normalized spacial score (nSPS) is 33.8. The molecule has 0 aromatic heterocycles. The van der Waals surface area contributed by atoms with Crippen LogP contribution in [-0.4, -0.2) is 101 Å². The van der Waals surface area contributed by atoms with Gasteiger partial charge in [0.05, 0.1) is 76.5 Å². The number of esters is 4. The van der Waals surface area contributed by atoms with Crippen LogP contribution in [0.2, 0.25) is 0 Å². The number of hydrogen-bond acceptors (Lipinski definition) is 12. The molecule has 3 fully saturated rings. The molecule has 3 rings (SSSR count). The Bertz CT molecular complexity index is 753. The molecule has 0 saturated carbocycles. The van der Waals surface area contributed by atoms with Crippen molar-refractivity contribution < 1.29 is 57.1 Å². The molecule has 12 heteroatoms. The number of hydrogen-bond donors (Lipinski definition) is 0. The predicted molar refractivity (Wildman–Crippen MR) is 138 cm³/mol. The lowest BCUT2D eigenvalue weighted by Crippen LogP contribution is -2.40. The smallest absolute Gasteiger partial charge is 0.312 e. The van der Waals surface area contributed by atoms with Gasteiger partial charge in [0.2, 0.25) is 0 Å². The fourth-order valence-corrected chi connectivity index (χ4v) is 4.94. The van der Waals surface area contributed by atoms with Gasteiger partial charge in [0, 0.05) is 38.9 Å². The minimum atomic E-state index is -0.662. The van der Waals surface area contributed by atoms with Crippen LogP contribution in [0.5, 0.6) is 0 Å². The molecule has 40 heavy (non-hydrogen) atoms. The predicted octanol–water partition coefficient (Wildman–Crippen LogP) is 2.13. The molecule has 12 nitrogen and oxygen atoms in total. The first-order valence-electron chi connectivity index (χ1n) is 14.5. The van der Waals surface area contributed by atoms with Crippen LogP contribution < -0.4 is 0 Å². The van der Waals surface area contributed by atoms with E-state index in [1.807, 2.05) is 0 Å². The van der Waals surface area contributed by atoms with Crippen molar-refractivity contribution in [2.24, 2.45) is 11.8 Å². The lowest BCUT2D eigenvalue weighted by atomic mass is 9.79. The van der Waals surface area contributed by atoms with Gasteiger partial charge in [0.25, 0.3) is 0 Å². The average molecular weight is 573 g/mol. The van der Waals surface area contributed by atoms with Crippen LogP contribution in [0.15, 0.2) is 0 Å². The molecular weight excluding hydrogens is 528 g/mol. The van der Waals surface area contributed by atoms with Crippen molar-refractivity contribution in [2.45, 2.75) is 89.6 Å². The monoisotopic (exact) mass is 572 g/mol. The standard InChI is InChI=1S/C28H44O12/c1-19-7-15-33-11-3-13-36-27(31)25-21-5-6-22(40-21)26(25)28(32)37-14-4-12-34-16-8-20(2)39-24(30)10-18-35-17-9-23(29)38-19/h19-22,25-26H,3-18H2,1-2H3/t19?,20?,21-,22+,25-,26+. The summed E-state index contributed by atoms with van der Waals surface area (Å²) in [5.74, 6) is -2.98. The number of cyclic esters (lactones) is 4. The first-order valence-corrected chi connectivity index (χ1v) is 14.5. The minimum Gasteiger partial charge on any atom is -0.465 e. The molecule has 2 unspecified atom stereocenters. The van der Waals surface area contributed by atoms with Crippen molar-refractivity contribution in [3.63, 3.8) is 0 Å². The van der Waals surface area contributed by atoms with Gasteiger partial charge in [0.1, 0.15) is 12.2 Å². The fraction of sp³-hybridized carbons (Fsp3) is 0.857. The maximum Gasteiger partial charge on any atom is 0.312 e. The van der Waals surface area contributed by atoms with Crippen molar-refractivity contribution in [1.82, 2.24) is 0 Å². The highest BCUT2D eigenvalue weighted by atomic mass is 16.6. The summed E-state index contributed by atoms with van der Waals surface area (Å²) in [7, 11) is 0. The third-order valence-corrected chi connectivity index (χ3v) is 7.08. The first kappa shape index (κ1) is 32.2. The van der Waals surface area contributed by atoms with Gasteiger partial charge in [-0.25, -0.2) is 0 Å². The Morgan fingerprint density at radius 3 is 1.40 bits per heavy atom. The summed E-state index contributed by atoms with van der Waals surface area (Å²) in [6.07, 6.45) is 2.35. The van der Waals surface area contributed by atoms with E-state index in [4.69, 9.17) is 37.9 Å². The van der Waals surface area contributed by atoms with Gasteiger partial charge in [0.15, 0.2) is 0 Å². The Balaban J connectivity index is 1.46. The summed E-state index contributed by atoms with van der Waals surface area (Å²) in [4.78, 5) is 49.6. The molecule has 0 aliphatic carbocycles. The SMILES string of the molecule is CC1CCOCCCOC(=O)[C@@H]2[C@H](C(=O)OCCCOCCC(C)OC(=O)CCOCCC(=O)O1)[C@H]1CC[C@@H]2O1. The van der Waals surface area contributed by atoms with Gasteiger partial charge in [-0.1, -0.05) is 0 Å². The molecule has 3 aliphatic rings. The maximum absolute atomic E-state index is 12.8. The number of fused-ring (bicyclic) bond motifs is 5. The van der Waals surface area contributed by atoms with E-state index in [2.05, 4.69) is 0 Å². The van der Waals surface area contributed by atoms with Crippen molar-refractivity contribution >= 4 is 23.9 Å². The molecule has 2 bridgehead atoms. The van der Waals surface area contributed by atoms with Gasteiger partial charge < -0.3 is 37.9 Å². The Morgan fingerprint density at radius 2 is 0.950 bits per heavy atom. The molecule has 3 saturated heterocycles. The van der Waals surface area contributed by atoms with E-state index in [9.17, 15) is 19.2 Å². The number of carbonyl (C=O) groups is 4. The molecule has 228 valence electrons. The summed E-state index contributed by atoms with van der Waals surface area (Å²) in [6, 6.07) is 0. The Hall–Kier alpha value is -2.28. The summed E-state index contributed by atoms with van der Waals surface area (Å²) in [5, 5.41) is 0. The zero-order chi connectivity index (χ0) is 28.7. The quantitative estimate of drug-likeness (QED) is 0.310. The van der Waals surface area contributed by atoms with Crippen LogP contribution in [0, 0.1) is 11.8 Å². The highest BCUT2D eigenvalue weighted by molar-refractivity contribution is 5.84. The van der Waals surface area contributed by atoms with Crippen molar-refractivity contribution in [3.8, 4) is 0 Å². The van der Waals surface area contributed by atoms with Crippen molar-refractivity contribution in [3.05, 3.63) is 0 Å². The van der Waals surface area contributed by atoms with E-state index in [-0.39, 0.29) is 75.6 Å². The number of carbonyl (C=O) groups excluding carboxylic acids is 4. The van der Waals surface area contributed by atoms with Gasteiger partial charge in [-0.05, 0) is 26.7 Å². The first-order chi connectivity index (χ1) is 19.3. The van der Waals surface area contributed by atoms with E-state index >= 15 is 0 Å². The van der Waals surface area contributed by atoms with Crippen LogP contribution in [0.3, 0.4) is 0 Å². The van der Waals surface area contributed by atoms with Gasteiger partial charge in [-0.2, -0.15) is 0 Å². The van der Waals surface area contributed by atoms with E-state index in [0.717, 1.165) is 0 Å². The van der Waals surface area contributed by atoms with Crippen LogP contribution in [-0.2, 0) is 57.1 Å². The molecule has 0 amide bonds. The number of rotatable bonds is 0. The zero-order valence-electron chi connectivity index (χ0n) is 23.7. The molecule has 0 aromatic rings. The van der Waals surface area contributed by atoms with Crippen LogP contribution in [0.1, 0.15) is 65.2 Å². The highest BCUT2D eigenvalue weighted by Gasteiger charge is 2.56. The lowest BCUT2D eigenvalue weighted by molar-refractivity contribution is -0.161. The molecule has 0 spiro atoms. The molecular formula is C28H44O12. The fourth-order valence-electron chi connectivity index (χ4n) is 4.94. The third kappa shape index (κ3) is 10.9. The summed E-state index contributed by atoms with van der Waals surface area (Å²) >= 11 is 0. The van der Waals surface area contributed by atoms with Gasteiger partial charge in [-0.15, -0.1) is 0 Å². The molecule has 3 heterocycles. The van der Waals surface area contributed by atoms with Crippen molar-refractivity contribution in [1.29, 1.82) is 0 Å². The van der Waals surface area contributed by atoms with Crippen LogP contribution in [0.4, 0.5) is 0 Å². The summed E-state index contributed by atoms with van der Waals surface area (Å²) < 4.78 is 44.0. The average Bonchev–Trinajstić information content (AvgIpc) is 3.53. The number of ether oxygens (including phenoxy) is 8.